The van der Waals surface area contributed by atoms with Crippen molar-refractivity contribution in [3.8, 4) is 0 Å². The number of benzene rings is 1. The van der Waals surface area contributed by atoms with Crippen LogP contribution in [0, 0.1) is 0 Å². The molecule has 0 aromatic heterocycles. The highest BCUT2D eigenvalue weighted by Crippen LogP contribution is 2.30. The van der Waals surface area contributed by atoms with E-state index < -0.39 is 0 Å². The topological polar surface area (TPSA) is 38.0 Å². The number of thioether (sulfide) groups is 1. The summed E-state index contributed by atoms with van der Waals surface area (Å²) >= 11 is 2.11. The Kier molecular flexibility index (Phi) is 6.05. The van der Waals surface area contributed by atoms with Crippen molar-refractivity contribution < 1.29 is 0 Å². The highest BCUT2D eigenvalue weighted by atomic mass is 32.2. The molecule has 0 amide bonds. The zero-order chi connectivity index (χ0) is 12.6. The van der Waals surface area contributed by atoms with E-state index in [0.29, 0.717) is 6.04 Å². The second-order valence-electron chi connectivity index (χ2n) is 5.13. The lowest BCUT2D eigenvalue weighted by Gasteiger charge is -2.17. The van der Waals surface area contributed by atoms with Crippen molar-refractivity contribution >= 4 is 11.8 Å². The molecular formula is C15H24N2S. The zero-order valence-corrected chi connectivity index (χ0v) is 11.8. The molecule has 1 aliphatic rings. The fraction of sp³-hybridized carbons (Fsp3) is 0.600. The molecule has 100 valence electrons. The summed E-state index contributed by atoms with van der Waals surface area (Å²) in [6.45, 7) is 0. The van der Waals surface area contributed by atoms with Crippen molar-refractivity contribution in [1.82, 2.24) is 5.43 Å². The Morgan fingerprint density at radius 2 is 1.94 bits per heavy atom. The van der Waals surface area contributed by atoms with E-state index in [1.807, 2.05) is 0 Å². The van der Waals surface area contributed by atoms with Crippen LogP contribution in [-0.4, -0.2) is 17.0 Å². The van der Waals surface area contributed by atoms with Crippen LogP contribution in [0.4, 0.5) is 0 Å². The summed E-state index contributed by atoms with van der Waals surface area (Å²) in [5.74, 6) is 6.81. The molecule has 2 nitrogen and oxygen atoms in total. The van der Waals surface area contributed by atoms with Gasteiger partial charge in [-0.2, -0.15) is 11.8 Å². The van der Waals surface area contributed by atoms with E-state index in [9.17, 15) is 0 Å². The Balaban J connectivity index is 1.68. The van der Waals surface area contributed by atoms with Crippen LogP contribution in [0.3, 0.4) is 0 Å². The Morgan fingerprint density at radius 3 is 2.61 bits per heavy atom. The van der Waals surface area contributed by atoms with Crippen LogP contribution in [0.2, 0.25) is 0 Å². The van der Waals surface area contributed by atoms with Gasteiger partial charge in [0.25, 0.3) is 0 Å². The third kappa shape index (κ3) is 4.63. The van der Waals surface area contributed by atoms with Crippen molar-refractivity contribution in [3.05, 3.63) is 35.9 Å². The molecule has 1 atom stereocenters. The van der Waals surface area contributed by atoms with Crippen molar-refractivity contribution in [1.29, 1.82) is 0 Å². The molecule has 0 heterocycles. The van der Waals surface area contributed by atoms with E-state index in [1.165, 1.54) is 31.2 Å². The van der Waals surface area contributed by atoms with E-state index in [4.69, 9.17) is 5.84 Å². The van der Waals surface area contributed by atoms with Crippen LogP contribution in [0.25, 0.3) is 0 Å². The molecular weight excluding hydrogens is 240 g/mol. The lowest BCUT2D eigenvalue weighted by atomic mass is 10.1. The molecule has 18 heavy (non-hydrogen) atoms. The van der Waals surface area contributed by atoms with E-state index >= 15 is 0 Å². The van der Waals surface area contributed by atoms with Gasteiger partial charge in [-0.15, -0.1) is 0 Å². The van der Waals surface area contributed by atoms with Crippen LogP contribution in [-0.2, 0) is 6.42 Å². The Bertz CT molecular complexity index is 323. The van der Waals surface area contributed by atoms with E-state index in [2.05, 4.69) is 47.5 Å². The third-order valence-electron chi connectivity index (χ3n) is 3.70. The first-order chi connectivity index (χ1) is 8.88. The van der Waals surface area contributed by atoms with Gasteiger partial charge in [0, 0.05) is 17.0 Å². The van der Waals surface area contributed by atoms with Gasteiger partial charge in [0.2, 0.25) is 0 Å². The fourth-order valence-corrected chi connectivity index (χ4v) is 3.94. The molecule has 1 fully saturated rings. The summed E-state index contributed by atoms with van der Waals surface area (Å²) < 4.78 is 0. The molecule has 0 bridgehead atoms. The van der Waals surface area contributed by atoms with Gasteiger partial charge >= 0.3 is 0 Å². The quantitative estimate of drug-likeness (QED) is 0.587. The number of aryl methyl sites for hydroxylation is 1. The van der Waals surface area contributed by atoms with Crippen molar-refractivity contribution in [2.45, 2.75) is 49.8 Å². The predicted molar refractivity (Wildman–Crippen MR) is 80.6 cm³/mol. The Labute approximate surface area is 115 Å². The van der Waals surface area contributed by atoms with Gasteiger partial charge < -0.3 is 0 Å². The molecule has 0 spiro atoms. The maximum Gasteiger partial charge on any atom is 0.0304 e. The highest BCUT2D eigenvalue weighted by Gasteiger charge is 2.17. The van der Waals surface area contributed by atoms with Gasteiger partial charge in [-0.05, 0) is 31.2 Å². The van der Waals surface area contributed by atoms with Crippen molar-refractivity contribution in [3.63, 3.8) is 0 Å². The average Bonchev–Trinajstić information content (AvgIpc) is 2.93. The highest BCUT2D eigenvalue weighted by molar-refractivity contribution is 7.99. The summed E-state index contributed by atoms with van der Waals surface area (Å²) in [6, 6.07) is 11.1. The van der Waals surface area contributed by atoms with Crippen LogP contribution >= 0.6 is 11.8 Å². The molecule has 0 saturated heterocycles. The average molecular weight is 264 g/mol. The number of nitrogens with one attached hydrogen (secondary N) is 1. The first-order valence-electron chi connectivity index (χ1n) is 7.00. The summed E-state index contributed by atoms with van der Waals surface area (Å²) in [5.41, 5.74) is 4.38. The minimum absolute atomic E-state index is 0.441. The van der Waals surface area contributed by atoms with Crippen molar-refractivity contribution in [2.24, 2.45) is 5.84 Å². The normalized spacial score (nSPS) is 18.1. The molecule has 0 radical (unpaired) electrons. The molecule has 3 heteroatoms. The smallest absolute Gasteiger partial charge is 0.0304 e. The first kappa shape index (κ1) is 13.9. The van der Waals surface area contributed by atoms with Crippen LogP contribution < -0.4 is 11.3 Å². The van der Waals surface area contributed by atoms with Gasteiger partial charge in [0.1, 0.15) is 0 Å². The molecule has 1 saturated carbocycles. The monoisotopic (exact) mass is 264 g/mol. The SMILES string of the molecule is NNC(CCc1ccccc1)CSC1CCCC1. The lowest BCUT2D eigenvalue weighted by Crippen LogP contribution is -2.37. The van der Waals surface area contributed by atoms with Crippen LogP contribution in [0.15, 0.2) is 30.3 Å². The second-order valence-corrected chi connectivity index (χ2v) is 6.46. The molecule has 0 aliphatic heterocycles. The Hall–Kier alpha value is -0.510. The maximum atomic E-state index is 5.66. The van der Waals surface area contributed by atoms with Crippen LogP contribution in [0.5, 0.6) is 0 Å². The van der Waals surface area contributed by atoms with E-state index in [-0.39, 0.29) is 0 Å². The molecule has 2 rings (SSSR count). The van der Waals surface area contributed by atoms with E-state index in [0.717, 1.165) is 23.8 Å². The number of nitrogens with two attached hydrogens (primary N) is 1. The second kappa shape index (κ2) is 7.82. The standard InChI is InChI=1S/C15H24N2S/c16-17-14(12-18-15-8-4-5-9-15)11-10-13-6-2-1-3-7-13/h1-3,6-7,14-15,17H,4-5,8-12,16H2. The lowest BCUT2D eigenvalue weighted by molar-refractivity contribution is 0.538. The maximum absolute atomic E-state index is 5.66. The van der Waals surface area contributed by atoms with Crippen LogP contribution in [0.1, 0.15) is 37.7 Å². The number of rotatable bonds is 7. The predicted octanol–water partition coefficient (Wildman–Crippen LogP) is 3.13. The largest absolute Gasteiger partial charge is 0.271 e. The summed E-state index contributed by atoms with van der Waals surface area (Å²) in [5, 5.41) is 0.887. The molecule has 1 aromatic rings. The fourth-order valence-electron chi connectivity index (χ4n) is 2.51. The van der Waals surface area contributed by atoms with Gasteiger partial charge in [-0.25, -0.2) is 0 Å². The summed E-state index contributed by atoms with van der Waals surface area (Å²) in [6.07, 6.45) is 7.88. The van der Waals surface area contributed by atoms with Gasteiger partial charge in [0.15, 0.2) is 0 Å². The Morgan fingerprint density at radius 1 is 1.22 bits per heavy atom. The summed E-state index contributed by atoms with van der Waals surface area (Å²) in [4.78, 5) is 0. The van der Waals surface area contributed by atoms with Gasteiger partial charge in [-0.3, -0.25) is 11.3 Å². The zero-order valence-electron chi connectivity index (χ0n) is 11.0. The van der Waals surface area contributed by atoms with Gasteiger partial charge in [0.05, 0.1) is 0 Å². The molecule has 1 aromatic carbocycles. The minimum atomic E-state index is 0.441. The number of hydrogen-bond acceptors (Lipinski definition) is 3. The summed E-state index contributed by atoms with van der Waals surface area (Å²) in [7, 11) is 0. The molecule has 1 unspecified atom stereocenters. The first-order valence-corrected chi connectivity index (χ1v) is 8.05. The number of hydrazine groups is 1. The number of hydrogen-bond donors (Lipinski definition) is 2. The van der Waals surface area contributed by atoms with E-state index in [1.54, 1.807) is 0 Å². The van der Waals surface area contributed by atoms with Crippen molar-refractivity contribution in [2.75, 3.05) is 5.75 Å². The molecule has 3 N–H and O–H groups in total. The third-order valence-corrected chi connectivity index (χ3v) is 5.23. The van der Waals surface area contributed by atoms with Gasteiger partial charge in [-0.1, -0.05) is 43.2 Å². The molecule has 1 aliphatic carbocycles. The minimum Gasteiger partial charge on any atom is -0.271 e.